The molecule has 0 atom stereocenters. The van der Waals surface area contributed by atoms with Crippen LogP contribution in [0.1, 0.15) is 48.3 Å². The second-order valence-electron chi connectivity index (χ2n) is 27.9. The zero-order valence-electron chi connectivity index (χ0n) is 70.5. The minimum absolute atomic E-state index is 0.0401. The standard InChI is InChI=1S/C94H61BN6/c1-94(2,3)58-52-89-91-90(53-58)99(78-35-15-5-25-62(78)57-50-73-69-32-12-22-42-85(69)101-86-43-23-13-33-70(86)74(51-57)93(73)101)88-55-60(97-81-38-18-8-28-65(81)66-29-9-19-39-82(66)97)45-47-76(88)95(91)75-46-44-59(96-79-36-16-6-26-63(79)64-27-7-17-37-80(64)96)54-87(75)98(89)77-34-14-4-24-61(77)56-48-71-67-30-10-20-40-83(67)100-84-41-21-11-31-68(84)72(49-56)92(71)100/h4-55H,1-3H3/i6D,7D,8D,9D,16D,17D,18D,19D,26D,27D,28D,29D,36D,37D,38D,39D. The quantitative estimate of drug-likeness (QED) is 0.155. The minimum atomic E-state index is -0.719. The molecule has 0 radical (unpaired) electrons. The Bertz CT molecular complexity index is 7410. The van der Waals surface area contributed by atoms with Crippen LogP contribution in [-0.2, 0) is 5.41 Å². The second kappa shape index (κ2) is 19.9. The highest BCUT2D eigenvalue weighted by atomic mass is 15.2. The lowest BCUT2D eigenvalue weighted by molar-refractivity contribution is 0.590. The zero-order chi connectivity index (χ0) is 80.2. The molecule has 0 saturated carbocycles. The monoisotopic (exact) mass is 1300 g/mol. The van der Waals surface area contributed by atoms with Gasteiger partial charge in [0.1, 0.15) is 0 Å². The Morgan fingerprint density at radius 1 is 0.287 bits per heavy atom. The molecule has 2 aliphatic heterocycles. The number of nitrogens with zero attached hydrogens (tertiary/aromatic N) is 6. The van der Waals surface area contributed by atoms with E-state index < -0.39 is 109 Å². The van der Waals surface area contributed by atoms with Crippen molar-refractivity contribution in [3.63, 3.8) is 0 Å². The smallest absolute Gasteiger partial charge is 0.252 e. The molecule has 0 bridgehead atoms. The molecule has 6 aromatic heterocycles. The summed E-state index contributed by atoms with van der Waals surface area (Å²) in [5.41, 5.74) is 17.5. The van der Waals surface area contributed by atoms with Crippen molar-refractivity contribution in [3.05, 3.63) is 321 Å². The molecule has 0 saturated heterocycles. The second-order valence-corrected chi connectivity index (χ2v) is 27.9. The van der Waals surface area contributed by atoms with Gasteiger partial charge in [-0.05, 0) is 160 Å². The molecule has 0 N–H and O–H groups in total. The van der Waals surface area contributed by atoms with Crippen molar-refractivity contribution in [2.24, 2.45) is 0 Å². The normalized spacial score (nSPS) is 15.5. The van der Waals surface area contributed by atoms with E-state index in [1.165, 1.54) is 0 Å². The van der Waals surface area contributed by atoms with E-state index in [1.807, 2.05) is 60.7 Å². The largest absolute Gasteiger partial charge is 0.311 e. The number of aromatic nitrogens is 4. The van der Waals surface area contributed by atoms with E-state index in [1.54, 1.807) is 9.13 Å². The van der Waals surface area contributed by atoms with Crippen molar-refractivity contribution < 1.29 is 21.9 Å². The topological polar surface area (TPSA) is 25.2 Å². The third kappa shape index (κ3) is 7.36. The average molecular weight is 1300 g/mol. The van der Waals surface area contributed by atoms with Gasteiger partial charge >= 0.3 is 0 Å². The molecule has 0 aliphatic carbocycles. The number of rotatable bonds is 6. The lowest BCUT2D eigenvalue weighted by Gasteiger charge is -2.46. The molecular formula is C94H61BN6. The maximum Gasteiger partial charge on any atom is 0.252 e. The molecule has 0 fully saturated rings. The van der Waals surface area contributed by atoms with Crippen LogP contribution in [0.15, 0.2) is 315 Å². The number of anilines is 6. The zero-order valence-corrected chi connectivity index (χ0v) is 54.5. The summed E-state index contributed by atoms with van der Waals surface area (Å²) < 4.78 is 158. The van der Waals surface area contributed by atoms with Crippen molar-refractivity contribution in [2.45, 2.75) is 26.2 Å². The summed E-state index contributed by atoms with van der Waals surface area (Å²) in [7, 11) is 0. The van der Waals surface area contributed by atoms with E-state index in [0.717, 1.165) is 143 Å². The molecule has 470 valence electrons. The Morgan fingerprint density at radius 3 is 0.970 bits per heavy atom. The Morgan fingerprint density at radius 2 is 0.614 bits per heavy atom. The predicted octanol–water partition coefficient (Wildman–Crippen LogP) is 22.9. The average Bonchev–Trinajstić information content (AvgIpc) is 1.45. The summed E-state index contributed by atoms with van der Waals surface area (Å²) in [6, 6.07) is 67.9. The van der Waals surface area contributed by atoms with E-state index in [-0.39, 0.29) is 43.6 Å². The minimum Gasteiger partial charge on any atom is -0.311 e. The van der Waals surface area contributed by atoms with Crippen LogP contribution < -0.4 is 26.2 Å². The third-order valence-corrected chi connectivity index (χ3v) is 21.8. The van der Waals surface area contributed by atoms with Crippen LogP contribution in [-0.4, -0.2) is 24.6 Å². The molecule has 15 aromatic carbocycles. The summed E-state index contributed by atoms with van der Waals surface area (Å²) >= 11 is 0. The Kier molecular flexibility index (Phi) is 8.31. The molecule has 101 heavy (non-hydrogen) atoms. The third-order valence-electron chi connectivity index (χ3n) is 21.8. The number of benzene rings is 15. The first-order valence-corrected chi connectivity index (χ1v) is 34.0. The molecule has 2 aliphatic rings. The first-order valence-electron chi connectivity index (χ1n) is 42.0. The molecular weight excluding hydrogens is 1220 g/mol. The summed E-state index contributed by atoms with van der Waals surface area (Å²) in [5, 5.41) is 8.34. The molecule has 21 aromatic rings. The number of para-hydroxylation sites is 10. The summed E-state index contributed by atoms with van der Waals surface area (Å²) in [4.78, 5) is 4.59. The van der Waals surface area contributed by atoms with E-state index in [0.29, 0.717) is 22.7 Å². The Hall–Kier alpha value is -12.8. The number of hydrogen-bond acceptors (Lipinski definition) is 2. The summed E-state index contributed by atoms with van der Waals surface area (Å²) in [6.07, 6.45) is 0. The fourth-order valence-corrected chi connectivity index (χ4v) is 17.6. The predicted molar refractivity (Wildman–Crippen MR) is 428 cm³/mol. The van der Waals surface area contributed by atoms with Gasteiger partial charge in [-0.15, -0.1) is 0 Å². The fraction of sp³-hybridized carbons (Fsp3) is 0.0426. The highest BCUT2D eigenvalue weighted by molar-refractivity contribution is 7.00. The van der Waals surface area contributed by atoms with Gasteiger partial charge in [-0.1, -0.05) is 215 Å². The molecule has 0 unspecified atom stereocenters. The SMILES string of the molecule is [2H]c1c([2H])c([2H])c2c(c1[2H])c1c([2H])c([2H])c([2H])c([2H])c1n2-c1ccc2c(c1)N(c1ccccc1-c1cc3c4ccccc4n4c5ccccc5c(c1)c34)c1cc(C(C)(C)C)cc3c1B2c1ccc(-n2c4c([2H])c([2H])c([2H])c([2H])c4c4c([2H])c([2H])c([2H])c([2H])c42)cc1N3c1ccccc1-c1cc2c3ccccc3n3c4ccccc4c(c1)c23. The maximum absolute atomic E-state index is 9.81. The van der Waals surface area contributed by atoms with Gasteiger partial charge in [0.2, 0.25) is 0 Å². The van der Waals surface area contributed by atoms with Crippen LogP contribution in [0, 0.1) is 0 Å². The van der Waals surface area contributed by atoms with Gasteiger partial charge in [0, 0.05) is 110 Å². The summed E-state index contributed by atoms with van der Waals surface area (Å²) in [5.74, 6) is 0. The molecule has 0 amide bonds. The summed E-state index contributed by atoms with van der Waals surface area (Å²) in [6.45, 7) is 5.81. The maximum atomic E-state index is 9.81. The first kappa shape index (κ1) is 42.1. The highest BCUT2D eigenvalue weighted by Gasteiger charge is 2.45. The first-order chi connectivity index (χ1) is 56.4. The van der Waals surface area contributed by atoms with Gasteiger partial charge in [-0.3, -0.25) is 0 Å². The Balaban J connectivity index is 0.872. The van der Waals surface area contributed by atoms with Crippen LogP contribution >= 0.6 is 0 Å². The van der Waals surface area contributed by atoms with E-state index >= 15 is 0 Å². The molecule has 8 heterocycles. The van der Waals surface area contributed by atoms with Crippen molar-refractivity contribution >= 4 is 177 Å². The van der Waals surface area contributed by atoms with Crippen LogP contribution in [0.5, 0.6) is 0 Å². The van der Waals surface area contributed by atoms with Crippen LogP contribution in [0.3, 0.4) is 0 Å². The van der Waals surface area contributed by atoms with Crippen molar-refractivity contribution in [1.82, 2.24) is 17.9 Å². The molecule has 23 rings (SSSR count). The van der Waals surface area contributed by atoms with Gasteiger partial charge < -0.3 is 27.7 Å². The van der Waals surface area contributed by atoms with E-state index in [4.69, 9.17) is 5.48 Å². The fourth-order valence-electron chi connectivity index (χ4n) is 17.6. The highest BCUT2D eigenvalue weighted by Crippen LogP contribution is 2.53. The molecule has 6 nitrogen and oxygen atoms in total. The van der Waals surface area contributed by atoms with Gasteiger partial charge in [0.25, 0.3) is 6.71 Å². The Labute approximate surface area is 604 Å². The molecule has 0 spiro atoms. The van der Waals surface area contributed by atoms with Crippen molar-refractivity contribution in [2.75, 3.05) is 9.80 Å². The van der Waals surface area contributed by atoms with Crippen LogP contribution in [0.25, 0.3) is 153 Å². The van der Waals surface area contributed by atoms with Gasteiger partial charge in [-0.2, -0.15) is 0 Å². The molecule has 7 heteroatoms. The van der Waals surface area contributed by atoms with Crippen molar-refractivity contribution in [3.8, 4) is 33.6 Å². The van der Waals surface area contributed by atoms with E-state index in [2.05, 4.69) is 197 Å². The lowest BCUT2D eigenvalue weighted by atomic mass is 9.33. The van der Waals surface area contributed by atoms with Gasteiger partial charge in [0.15, 0.2) is 0 Å². The van der Waals surface area contributed by atoms with Gasteiger partial charge in [-0.25, -0.2) is 0 Å². The van der Waals surface area contributed by atoms with Crippen LogP contribution in [0.2, 0.25) is 0 Å². The van der Waals surface area contributed by atoms with Gasteiger partial charge in [0.05, 0.1) is 88.5 Å². The van der Waals surface area contributed by atoms with E-state index in [9.17, 15) is 16.4 Å². The number of fused-ring (bicyclic) bond motifs is 22. The van der Waals surface area contributed by atoms with Crippen LogP contribution in [0.4, 0.5) is 34.1 Å². The van der Waals surface area contributed by atoms with Crippen molar-refractivity contribution in [1.29, 1.82) is 0 Å². The lowest BCUT2D eigenvalue weighted by Crippen LogP contribution is -2.61. The number of hydrogen-bond donors (Lipinski definition) is 0.